The quantitative estimate of drug-likeness (QED) is 0.623. The summed E-state index contributed by atoms with van der Waals surface area (Å²) in [5, 5.41) is 3.18. The first-order valence-corrected chi connectivity index (χ1v) is 5.74. The van der Waals surface area contributed by atoms with Crippen molar-refractivity contribution in [3.05, 3.63) is 0 Å². The van der Waals surface area contributed by atoms with Crippen molar-refractivity contribution in [3.8, 4) is 0 Å². The predicted octanol–water partition coefficient (Wildman–Crippen LogP) is 1.10. The Kier molecular flexibility index (Phi) is 5.45. The molecule has 1 fully saturated rings. The fraction of sp³-hybridized carbons (Fsp3) is 1.00. The van der Waals surface area contributed by atoms with Crippen molar-refractivity contribution in [2.45, 2.75) is 38.3 Å². The molecule has 1 N–H and O–H groups in total. The summed E-state index contributed by atoms with van der Waals surface area (Å²) < 4.78 is 5.54. The van der Waals surface area contributed by atoms with Crippen molar-refractivity contribution in [3.63, 3.8) is 0 Å². The van der Waals surface area contributed by atoms with Crippen molar-refractivity contribution in [2.24, 2.45) is 0 Å². The van der Waals surface area contributed by atoms with Gasteiger partial charge in [0.15, 0.2) is 0 Å². The number of hydrogen-bond donors (Lipinski definition) is 1. The maximum Gasteiger partial charge on any atom is 0.0604 e. The van der Waals surface area contributed by atoms with Gasteiger partial charge in [0.2, 0.25) is 0 Å². The molecule has 0 heterocycles. The second-order valence-electron chi connectivity index (χ2n) is 4.14. The van der Waals surface area contributed by atoms with Gasteiger partial charge >= 0.3 is 0 Å². The van der Waals surface area contributed by atoms with Crippen LogP contribution in [-0.2, 0) is 4.74 Å². The Hall–Kier alpha value is -0.120. The van der Waals surface area contributed by atoms with Crippen molar-refractivity contribution >= 4 is 0 Å². The highest BCUT2D eigenvalue weighted by Crippen LogP contribution is 2.27. The summed E-state index contributed by atoms with van der Waals surface area (Å²) in [6.45, 7) is 5.25. The highest BCUT2D eigenvalue weighted by molar-refractivity contribution is 4.86. The molecule has 14 heavy (non-hydrogen) atoms. The third kappa shape index (κ3) is 3.56. The standard InChI is InChI=1S/C11H24N2O/c1-4-14-11-8-10(9-11)13(3)7-5-6-12-2/h10-12H,4-9H2,1-3H3. The lowest BCUT2D eigenvalue weighted by Crippen LogP contribution is -2.46. The Balaban J connectivity index is 2.01. The summed E-state index contributed by atoms with van der Waals surface area (Å²) in [5.74, 6) is 0. The fourth-order valence-corrected chi connectivity index (χ4v) is 1.96. The van der Waals surface area contributed by atoms with Gasteiger partial charge in [0, 0.05) is 12.6 Å². The largest absolute Gasteiger partial charge is 0.378 e. The van der Waals surface area contributed by atoms with E-state index in [9.17, 15) is 0 Å². The summed E-state index contributed by atoms with van der Waals surface area (Å²) in [7, 11) is 4.23. The first-order chi connectivity index (χ1) is 6.77. The van der Waals surface area contributed by atoms with Gasteiger partial charge in [-0.3, -0.25) is 0 Å². The van der Waals surface area contributed by atoms with E-state index in [4.69, 9.17) is 4.74 Å². The van der Waals surface area contributed by atoms with Gasteiger partial charge in [0.1, 0.15) is 0 Å². The molecule has 0 aliphatic heterocycles. The van der Waals surface area contributed by atoms with Crippen LogP contribution in [0.5, 0.6) is 0 Å². The van der Waals surface area contributed by atoms with Gasteiger partial charge in [-0.05, 0) is 53.4 Å². The predicted molar refractivity (Wildman–Crippen MR) is 59.6 cm³/mol. The van der Waals surface area contributed by atoms with Crippen LogP contribution in [0.4, 0.5) is 0 Å². The van der Waals surface area contributed by atoms with Crippen molar-refractivity contribution in [1.82, 2.24) is 10.2 Å². The van der Waals surface area contributed by atoms with Crippen LogP contribution in [0.1, 0.15) is 26.2 Å². The first kappa shape index (κ1) is 12.0. The summed E-state index contributed by atoms with van der Waals surface area (Å²) in [6.07, 6.45) is 4.23. The Bertz CT molecular complexity index is 143. The summed E-state index contributed by atoms with van der Waals surface area (Å²) in [6, 6.07) is 0.767. The van der Waals surface area contributed by atoms with Crippen LogP contribution < -0.4 is 5.32 Å². The minimum absolute atomic E-state index is 0.539. The molecule has 0 saturated heterocycles. The van der Waals surface area contributed by atoms with Gasteiger partial charge in [0.25, 0.3) is 0 Å². The number of nitrogens with zero attached hydrogens (tertiary/aromatic N) is 1. The van der Waals surface area contributed by atoms with E-state index < -0.39 is 0 Å². The molecule has 0 aromatic rings. The Morgan fingerprint density at radius 2 is 2.14 bits per heavy atom. The number of nitrogens with one attached hydrogen (secondary N) is 1. The van der Waals surface area contributed by atoms with Crippen LogP contribution in [0.3, 0.4) is 0 Å². The summed E-state index contributed by atoms with van der Waals surface area (Å²) >= 11 is 0. The van der Waals surface area contributed by atoms with Crippen LogP contribution in [-0.4, -0.2) is 50.8 Å². The molecule has 0 spiro atoms. The summed E-state index contributed by atoms with van der Waals surface area (Å²) in [4.78, 5) is 2.47. The molecule has 1 aliphatic carbocycles. The lowest BCUT2D eigenvalue weighted by atomic mass is 9.88. The second-order valence-corrected chi connectivity index (χ2v) is 4.14. The average molecular weight is 200 g/mol. The van der Waals surface area contributed by atoms with E-state index in [-0.39, 0.29) is 0 Å². The minimum Gasteiger partial charge on any atom is -0.378 e. The van der Waals surface area contributed by atoms with E-state index in [0.29, 0.717) is 6.10 Å². The molecule has 1 aliphatic rings. The van der Waals surface area contributed by atoms with Gasteiger partial charge in [-0.15, -0.1) is 0 Å². The monoisotopic (exact) mass is 200 g/mol. The van der Waals surface area contributed by atoms with E-state index in [1.807, 2.05) is 7.05 Å². The zero-order valence-corrected chi connectivity index (χ0v) is 9.75. The molecular formula is C11H24N2O. The zero-order chi connectivity index (χ0) is 10.4. The molecule has 1 saturated carbocycles. The Morgan fingerprint density at radius 3 is 2.71 bits per heavy atom. The van der Waals surface area contributed by atoms with Crippen molar-refractivity contribution < 1.29 is 4.74 Å². The normalized spacial score (nSPS) is 26.6. The molecule has 3 nitrogen and oxygen atoms in total. The Morgan fingerprint density at radius 1 is 1.43 bits per heavy atom. The first-order valence-electron chi connectivity index (χ1n) is 5.74. The molecule has 84 valence electrons. The highest BCUT2D eigenvalue weighted by atomic mass is 16.5. The van der Waals surface area contributed by atoms with Crippen LogP contribution in [0, 0.1) is 0 Å². The number of rotatable bonds is 7. The molecule has 3 heteroatoms. The molecule has 0 radical (unpaired) electrons. The second kappa shape index (κ2) is 6.38. The topological polar surface area (TPSA) is 24.5 Å². The fourth-order valence-electron chi connectivity index (χ4n) is 1.96. The maximum absolute atomic E-state index is 5.54. The van der Waals surface area contributed by atoms with Gasteiger partial charge in [-0.25, -0.2) is 0 Å². The number of hydrogen-bond acceptors (Lipinski definition) is 3. The van der Waals surface area contributed by atoms with Crippen LogP contribution in [0.15, 0.2) is 0 Å². The maximum atomic E-state index is 5.54. The highest BCUT2D eigenvalue weighted by Gasteiger charge is 2.31. The lowest BCUT2D eigenvalue weighted by molar-refractivity contribution is -0.0401. The average Bonchev–Trinajstić information content (AvgIpc) is 2.10. The third-order valence-electron chi connectivity index (χ3n) is 3.03. The van der Waals surface area contributed by atoms with Crippen LogP contribution in [0.25, 0.3) is 0 Å². The zero-order valence-electron chi connectivity index (χ0n) is 9.75. The van der Waals surface area contributed by atoms with E-state index in [2.05, 4.69) is 24.2 Å². The van der Waals surface area contributed by atoms with E-state index in [0.717, 1.165) is 19.2 Å². The SMILES string of the molecule is CCOC1CC(N(C)CCCNC)C1. The van der Waals surface area contributed by atoms with E-state index in [1.165, 1.54) is 25.8 Å². The van der Waals surface area contributed by atoms with E-state index in [1.54, 1.807) is 0 Å². The minimum atomic E-state index is 0.539. The molecule has 0 unspecified atom stereocenters. The Labute approximate surface area is 87.8 Å². The smallest absolute Gasteiger partial charge is 0.0604 e. The van der Waals surface area contributed by atoms with Crippen LogP contribution >= 0.6 is 0 Å². The van der Waals surface area contributed by atoms with Gasteiger partial charge in [-0.1, -0.05) is 0 Å². The van der Waals surface area contributed by atoms with Gasteiger partial charge in [0.05, 0.1) is 6.10 Å². The number of ether oxygens (including phenoxy) is 1. The van der Waals surface area contributed by atoms with Crippen molar-refractivity contribution in [1.29, 1.82) is 0 Å². The molecule has 1 rings (SSSR count). The molecule has 0 amide bonds. The molecule has 0 aromatic carbocycles. The molecule has 0 aromatic heterocycles. The van der Waals surface area contributed by atoms with E-state index >= 15 is 0 Å². The summed E-state index contributed by atoms with van der Waals surface area (Å²) in [5.41, 5.74) is 0. The van der Waals surface area contributed by atoms with Gasteiger partial charge in [-0.2, -0.15) is 0 Å². The molecular weight excluding hydrogens is 176 g/mol. The molecule has 0 atom stereocenters. The van der Waals surface area contributed by atoms with Crippen LogP contribution in [0.2, 0.25) is 0 Å². The van der Waals surface area contributed by atoms with Gasteiger partial charge < -0.3 is 15.0 Å². The lowest BCUT2D eigenvalue weighted by Gasteiger charge is -2.40. The third-order valence-corrected chi connectivity index (χ3v) is 3.03. The van der Waals surface area contributed by atoms with Crippen molar-refractivity contribution in [2.75, 3.05) is 33.8 Å². The molecule has 0 bridgehead atoms.